The largest absolute Gasteiger partial charge is 0.330 e. The average Bonchev–Trinajstić information content (AvgIpc) is 2.16. The molecule has 1 aromatic rings. The van der Waals surface area contributed by atoms with Crippen LogP contribution in [0.1, 0.15) is 5.56 Å². The smallest absolute Gasteiger partial charge is 0.159 e. The number of likely N-dealkylation sites (tertiary alicyclic amines) is 1. The molecule has 0 saturated carbocycles. The zero-order chi connectivity index (χ0) is 10.8. The summed E-state index contributed by atoms with van der Waals surface area (Å²) in [5.41, 5.74) is 6.31. The lowest BCUT2D eigenvalue weighted by atomic mass is 9.99. The number of halogens is 2. The van der Waals surface area contributed by atoms with E-state index in [1.807, 2.05) is 0 Å². The van der Waals surface area contributed by atoms with E-state index in [0.29, 0.717) is 19.0 Å². The minimum atomic E-state index is -0.790. The van der Waals surface area contributed by atoms with Crippen molar-refractivity contribution in [2.45, 2.75) is 6.54 Å². The predicted octanol–water partition coefficient (Wildman–Crippen LogP) is 1.36. The fourth-order valence-electron chi connectivity index (χ4n) is 1.85. The summed E-state index contributed by atoms with van der Waals surface area (Å²) in [7, 11) is 0. The first kappa shape index (κ1) is 10.5. The Labute approximate surface area is 87.7 Å². The van der Waals surface area contributed by atoms with Crippen LogP contribution in [0.2, 0.25) is 0 Å². The van der Waals surface area contributed by atoms with Crippen LogP contribution in [-0.4, -0.2) is 24.5 Å². The van der Waals surface area contributed by atoms with Crippen molar-refractivity contribution in [3.8, 4) is 0 Å². The second-order valence-corrected chi connectivity index (χ2v) is 4.04. The second-order valence-electron chi connectivity index (χ2n) is 4.04. The Morgan fingerprint density at radius 2 is 2.00 bits per heavy atom. The van der Waals surface area contributed by atoms with Crippen LogP contribution in [0.25, 0.3) is 0 Å². The standard InChI is InChI=1S/C11H14F2N2/c12-10-2-1-8(3-11(10)13)5-15-6-9(4-14)7-15/h1-3,9H,4-7,14H2. The Hall–Kier alpha value is -1.00. The third kappa shape index (κ3) is 2.33. The van der Waals surface area contributed by atoms with Gasteiger partial charge in [0.2, 0.25) is 0 Å². The fourth-order valence-corrected chi connectivity index (χ4v) is 1.85. The third-order valence-electron chi connectivity index (χ3n) is 2.76. The Bertz CT molecular complexity index is 348. The van der Waals surface area contributed by atoms with E-state index < -0.39 is 11.6 Å². The third-order valence-corrected chi connectivity index (χ3v) is 2.76. The number of nitrogens with two attached hydrogens (primary N) is 1. The van der Waals surface area contributed by atoms with E-state index in [-0.39, 0.29) is 0 Å². The van der Waals surface area contributed by atoms with Crippen LogP contribution in [0, 0.1) is 17.6 Å². The van der Waals surface area contributed by atoms with Crippen LogP contribution >= 0.6 is 0 Å². The Morgan fingerprint density at radius 1 is 1.27 bits per heavy atom. The molecule has 0 unspecified atom stereocenters. The molecule has 1 heterocycles. The number of hydrogen-bond acceptors (Lipinski definition) is 2. The predicted molar refractivity (Wildman–Crippen MR) is 54.2 cm³/mol. The van der Waals surface area contributed by atoms with Gasteiger partial charge in [-0.15, -0.1) is 0 Å². The maximum absolute atomic E-state index is 12.9. The summed E-state index contributed by atoms with van der Waals surface area (Å²) in [6.45, 7) is 3.28. The van der Waals surface area contributed by atoms with E-state index in [0.717, 1.165) is 18.7 Å². The summed E-state index contributed by atoms with van der Waals surface area (Å²) >= 11 is 0. The van der Waals surface area contributed by atoms with E-state index in [1.54, 1.807) is 6.07 Å². The molecule has 1 aliphatic rings. The molecule has 0 spiro atoms. The number of rotatable bonds is 3. The molecule has 0 radical (unpaired) electrons. The normalized spacial score (nSPS) is 17.8. The van der Waals surface area contributed by atoms with E-state index in [1.165, 1.54) is 12.1 Å². The topological polar surface area (TPSA) is 29.3 Å². The van der Waals surface area contributed by atoms with Crippen molar-refractivity contribution in [1.29, 1.82) is 0 Å². The van der Waals surface area contributed by atoms with Gasteiger partial charge in [0.25, 0.3) is 0 Å². The van der Waals surface area contributed by atoms with Gasteiger partial charge >= 0.3 is 0 Å². The molecule has 0 bridgehead atoms. The van der Waals surface area contributed by atoms with E-state index >= 15 is 0 Å². The SMILES string of the molecule is NCC1CN(Cc2ccc(F)c(F)c2)C1. The van der Waals surface area contributed by atoms with Crippen LogP contribution in [0.3, 0.4) is 0 Å². The van der Waals surface area contributed by atoms with Gasteiger partial charge in [-0.1, -0.05) is 6.07 Å². The number of benzene rings is 1. The second kappa shape index (κ2) is 4.24. The van der Waals surface area contributed by atoms with Gasteiger partial charge in [0.15, 0.2) is 11.6 Å². The fraction of sp³-hybridized carbons (Fsp3) is 0.455. The molecule has 0 atom stereocenters. The van der Waals surface area contributed by atoms with Gasteiger partial charge in [-0.2, -0.15) is 0 Å². The summed E-state index contributed by atoms with van der Waals surface area (Å²) in [6.07, 6.45) is 0. The van der Waals surface area contributed by atoms with Crippen molar-refractivity contribution in [2.24, 2.45) is 11.7 Å². The van der Waals surface area contributed by atoms with Crippen molar-refractivity contribution < 1.29 is 8.78 Å². The molecule has 15 heavy (non-hydrogen) atoms. The van der Waals surface area contributed by atoms with Gasteiger partial charge in [-0.25, -0.2) is 8.78 Å². The molecule has 2 N–H and O–H groups in total. The first-order valence-electron chi connectivity index (χ1n) is 5.05. The highest BCUT2D eigenvalue weighted by molar-refractivity contribution is 5.18. The quantitative estimate of drug-likeness (QED) is 0.819. The average molecular weight is 212 g/mol. The zero-order valence-corrected chi connectivity index (χ0v) is 8.42. The van der Waals surface area contributed by atoms with E-state index in [2.05, 4.69) is 4.90 Å². The van der Waals surface area contributed by atoms with Gasteiger partial charge in [0.05, 0.1) is 0 Å². The Balaban J connectivity index is 1.92. The molecular weight excluding hydrogens is 198 g/mol. The number of hydrogen-bond donors (Lipinski definition) is 1. The lowest BCUT2D eigenvalue weighted by Crippen LogP contribution is -2.49. The first-order valence-corrected chi connectivity index (χ1v) is 5.05. The minimum Gasteiger partial charge on any atom is -0.330 e. The van der Waals surface area contributed by atoms with Gasteiger partial charge in [0, 0.05) is 19.6 Å². The maximum Gasteiger partial charge on any atom is 0.159 e. The molecule has 1 saturated heterocycles. The van der Waals surface area contributed by atoms with Crippen LogP contribution in [-0.2, 0) is 6.54 Å². The first-order chi connectivity index (χ1) is 7.19. The van der Waals surface area contributed by atoms with Crippen molar-refractivity contribution in [3.05, 3.63) is 35.4 Å². The number of nitrogens with zero attached hydrogens (tertiary/aromatic N) is 1. The van der Waals surface area contributed by atoms with Crippen molar-refractivity contribution in [1.82, 2.24) is 4.90 Å². The Morgan fingerprint density at radius 3 is 2.60 bits per heavy atom. The van der Waals surface area contributed by atoms with E-state index in [4.69, 9.17) is 5.73 Å². The molecule has 0 aromatic heterocycles. The summed E-state index contributed by atoms with van der Waals surface area (Å²) in [6, 6.07) is 4.05. The Kier molecular flexibility index (Phi) is 2.98. The highest BCUT2D eigenvalue weighted by Gasteiger charge is 2.24. The molecular formula is C11H14F2N2. The minimum absolute atomic E-state index is 0.565. The zero-order valence-electron chi connectivity index (χ0n) is 8.42. The van der Waals surface area contributed by atoms with Crippen molar-refractivity contribution >= 4 is 0 Å². The highest BCUT2D eigenvalue weighted by atomic mass is 19.2. The lowest BCUT2D eigenvalue weighted by molar-refractivity contribution is 0.0978. The maximum atomic E-state index is 12.9. The van der Waals surface area contributed by atoms with Crippen LogP contribution in [0.15, 0.2) is 18.2 Å². The molecule has 82 valence electrons. The van der Waals surface area contributed by atoms with Gasteiger partial charge in [-0.05, 0) is 30.2 Å². The summed E-state index contributed by atoms with van der Waals surface area (Å²) in [4.78, 5) is 2.17. The highest BCUT2D eigenvalue weighted by Crippen LogP contribution is 2.18. The van der Waals surface area contributed by atoms with Crippen molar-refractivity contribution in [3.63, 3.8) is 0 Å². The van der Waals surface area contributed by atoms with Gasteiger partial charge in [-0.3, -0.25) is 4.90 Å². The summed E-state index contributed by atoms with van der Waals surface area (Å²) in [5, 5.41) is 0. The molecule has 0 aliphatic carbocycles. The molecule has 0 amide bonds. The van der Waals surface area contributed by atoms with Gasteiger partial charge in [0.1, 0.15) is 0 Å². The van der Waals surface area contributed by atoms with Gasteiger partial charge < -0.3 is 5.73 Å². The molecule has 2 rings (SSSR count). The molecule has 1 aromatic carbocycles. The summed E-state index contributed by atoms with van der Waals surface area (Å²) in [5.74, 6) is -0.999. The monoisotopic (exact) mass is 212 g/mol. The molecule has 1 aliphatic heterocycles. The van der Waals surface area contributed by atoms with Crippen LogP contribution in [0.4, 0.5) is 8.78 Å². The van der Waals surface area contributed by atoms with Crippen molar-refractivity contribution in [2.75, 3.05) is 19.6 Å². The van der Waals surface area contributed by atoms with Crippen LogP contribution in [0.5, 0.6) is 0 Å². The molecule has 2 nitrogen and oxygen atoms in total. The molecule has 1 fully saturated rings. The van der Waals surface area contributed by atoms with Crippen LogP contribution < -0.4 is 5.73 Å². The molecule has 4 heteroatoms. The van der Waals surface area contributed by atoms with E-state index in [9.17, 15) is 8.78 Å². The lowest BCUT2D eigenvalue weighted by Gasteiger charge is -2.38. The summed E-state index contributed by atoms with van der Waals surface area (Å²) < 4.78 is 25.5.